The topological polar surface area (TPSA) is 52.1 Å². The van der Waals surface area contributed by atoms with E-state index in [1.54, 1.807) is 12.4 Å². The Balaban J connectivity index is 2.60. The zero-order valence-electron chi connectivity index (χ0n) is 9.36. The Bertz CT molecular complexity index is 320. The number of carbonyl (C=O) groups excluding carboxylic acids is 1. The summed E-state index contributed by atoms with van der Waals surface area (Å²) in [7, 11) is 1.50. The molecule has 0 saturated carbocycles. The summed E-state index contributed by atoms with van der Waals surface area (Å²) in [4.78, 5) is 19.5. The van der Waals surface area contributed by atoms with Crippen molar-refractivity contribution < 1.29 is 9.53 Å². The van der Waals surface area contributed by atoms with Crippen LogP contribution in [0.5, 0.6) is 0 Å². The maximum absolute atomic E-state index is 11.2. The monoisotopic (exact) mass is 208 g/mol. The Hall–Kier alpha value is -1.29. The molecule has 0 radical (unpaired) electrons. The van der Waals surface area contributed by atoms with Crippen molar-refractivity contribution in [2.45, 2.75) is 26.2 Å². The Kier molecular flexibility index (Phi) is 4.37. The van der Waals surface area contributed by atoms with Gasteiger partial charge in [-0.25, -0.2) is 9.97 Å². The molecule has 0 N–H and O–H groups in total. The van der Waals surface area contributed by atoms with Crippen LogP contribution in [0.2, 0.25) is 0 Å². The lowest BCUT2D eigenvalue weighted by atomic mass is 10.1. The van der Waals surface area contributed by atoms with Crippen LogP contribution in [0, 0.1) is 0 Å². The number of hydrogen-bond donors (Lipinski definition) is 0. The lowest BCUT2D eigenvalue weighted by Crippen LogP contribution is -2.12. The van der Waals surface area contributed by atoms with Gasteiger partial charge in [0.05, 0.1) is 6.42 Å². The summed E-state index contributed by atoms with van der Waals surface area (Å²) in [6.45, 7) is 4.28. The van der Waals surface area contributed by atoms with Crippen LogP contribution in [0.25, 0.3) is 0 Å². The van der Waals surface area contributed by atoms with Crippen LogP contribution in [0.3, 0.4) is 0 Å². The molecule has 1 rings (SSSR count). The van der Waals surface area contributed by atoms with Gasteiger partial charge in [-0.2, -0.15) is 0 Å². The van der Waals surface area contributed by atoms with Crippen molar-refractivity contribution in [2.24, 2.45) is 0 Å². The molecule has 0 aromatic carbocycles. The molecule has 4 heteroatoms. The van der Waals surface area contributed by atoms with Crippen molar-refractivity contribution in [3.8, 4) is 0 Å². The smallest absolute Gasteiger partial charge is 0.166 e. The normalized spacial score (nSPS) is 10.7. The first-order chi connectivity index (χ1) is 7.13. The van der Waals surface area contributed by atoms with Crippen molar-refractivity contribution >= 4 is 5.78 Å². The number of methoxy groups -OCH3 is 1. The first-order valence-corrected chi connectivity index (χ1v) is 4.95. The third kappa shape index (κ3) is 3.75. The Morgan fingerprint density at radius 2 is 2.00 bits per heavy atom. The second-order valence-electron chi connectivity index (χ2n) is 3.74. The largest absolute Gasteiger partial charge is 0.377 e. The SMILES string of the molecule is COCC(=O)Cc1ncc(C(C)C)cn1. The molecule has 1 aromatic rings. The molecule has 0 spiro atoms. The van der Waals surface area contributed by atoms with Gasteiger partial charge in [-0.3, -0.25) is 4.79 Å². The van der Waals surface area contributed by atoms with Gasteiger partial charge in [0.1, 0.15) is 12.4 Å². The van der Waals surface area contributed by atoms with Crippen molar-refractivity contribution in [3.63, 3.8) is 0 Å². The van der Waals surface area contributed by atoms with E-state index in [1.165, 1.54) is 7.11 Å². The van der Waals surface area contributed by atoms with Crippen molar-refractivity contribution in [1.82, 2.24) is 9.97 Å². The van der Waals surface area contributed by atoms with Gasteiger partial charge < -0.3 is 4.74 Å². The second-order valence-corrected chi connectivity index (χ2v) is 3.74. The molecule has 82 valence electrons. The molecule has 0 bridgehead atoms. The summed E-state index contributed by atoms with van der Waals surface area (Å²) in [5.74, 6) is 0.963. The number of aromatic nitrogens is 2. The van der Waals surface area contributed by atoms with Gasteiger partial charge in [-0.05, 0) is 11.5 Å². The molecule has 0 aliphatic heterocycles. The maximum Gasteiger partial charge on any atom is 0.166 e. The number of ether oxygens (including phenoxy) is 1. The number of nitrogens with zero attached hydrogens (tertiary/aromatic N) is 2. The average Bonchev–Trinajstić information content (AvgIpc) is 2.18. The highest BCUT2D eigenvalue weighted by atomic mass is 16.5. The van der Waals surface area contributed by atoms with E-state index in [2.05, 4.69) is 23.8 Å². The van der Waals surface area contributed by atoms with Gasteiger partial charge in [-0.15, -0.1) is 0 Å². The molecule has 0 amide bonds. The zero-order valence-corrected chi connectivity index (χ0v) is 9.36. The van der Waals surface area contributed by atoms with Gasteiger partial charge in [-0.1, -0.05) is 13.8 Å². The Morgan fingerprint density at radius 3 is 2.47 bits per heavy atom. The highest BCUT2D eigenvalue weighted by molar-refractivity contribution is 5.81. The Morgan fingerprint density at radius 1 is 1.40 bits per heavy atom. The van der Waals surface area contributed by atoms with E-state index in [4.69, 9.17) is 4.74 Å². The van der Waals surface area contributed by atoms with E-state index in [0.29, 0.717) is 11.7 Å². The third-order valence-electron chi connectivity index (χ3n) is 2.05. The van der Waals surface area contributed by atoms with E-state index in [-0.39, 0.29) is 18.8 Å². The van der Waals surface area contributed by atoms with Crippen LogP contribution in [-0.2, 0) is 16.0 Å². The fourth-order valence-corrected chi connectivity index (χ4v) is 1.14. The van der Waals surface area contributed by atoms with Gasteiger partial charge >= 0.3 is 0 Å². The van der Waals surface area contributed by atoms with E-state index in [1.807, 2.05) is 0 Å². The van der Waals surface area contributed by atoms with Gasteiger partial charge in [0.2, 0.25) is 0 Å². The maximum atomic E-state index is 11.2. The summed E-state index contributed by atoms with van der Waals surface area (Å²) in [5, 5.41) is 0. The lowest BCUT2D eigenvalue weighted by Gasteiger charge is -2.04. The van der Waals surface area contributed by atoms with Crippen LogP contribution in [0.4, 0.5) is 0 Å². The number of hydrogen-bond acceptors (Lipinski definition) is 4. The predicted molar refractivity (Wildman–Crippen MR) is 56.7 cm³/mol. The second kappa shape index (κ2) is 5.56. The molecule has 1 aromatic heterocycles. The van der Waals surface area contributed by atoms with E-state index in [0.717, 1.165) is 5.56 Å². The van der Waals surface area contributed by atoms with E-state index >= 15 is 0 Å². The molecular formula is C11H16N2O2. The molecule has 0 atom stereocenters. The minimum absolute atomic E-state index is 0.00482. The molecule has 15 heavy (non-hydrogen) atoms. The van der Waals surface area contributed by atoms with Crippen LogP contribution in [0.15, 0.2) is 12.4 Å². The lowest BCUT2D eigenvalue weighted by molar-refractivity contribution is -0.122. The van der Waals surface area contributed by atoms with Crippen LogP contribution in [-0.4, -0.2) is 29.5 Å². The van der Waals surface area contributed by atoms with Crippen molar-refractivity contribution in [3.05, 3.63) is 23.8 Å². The van der Waals surface area contributed by atoms with E-state index < -0.39 is 0 Å². The van der Waals surface area contributed by atoms with Crippen LogP contribution < -0.4 is 0 Å². The van der Waals surface area contributed by atoms with Crippen molar-refractivity contribution in [1.29, 1.82) is 0 Å². The first-order valence-electron chi connectivity index (χ1n) is 4.95. The molecule has 0 aliphatic rings. The molecule has 4 nitrogen and oxygen atoms in total. The molecule has 0 saturated heterocycles. The average molecular weight is 208 g/mol. The number of carbonyl (C=O) groups is 1. The number of rotatable bonds is 5. The van der Waals surface area contributed by atoms with Gasteiger partial charge in [0, 0.05) is 19.5 Å². The van der Waals surface area contributed by atoms with Gasteiger partial charge in [0.15, 0.2) is 5.78 Å². The van der Waals surface area contributed by atoms with Gasteiger partial charge in [0.25, 0.3) is 0 Å². The molecular weight excluding hydrogens is 192 g/mol. The number of Topliss-reactive ketones (excluding diaryl/α,β-unsaturated/α-hetero) is 1. The minimum Gasteiger partial charge on any atom is -0.377 e. The summed E-state index contributed by atoms with van der Waals surface area (Å²) in [6.07, 6.45) is 3.78. The fraction of sp³-hybridized carbons (Fsp3) is 0.545. The van der Waals surface area contributed by atoms with E-state index in [9.17, 15) is 4.79 Å². The predicted octanol–water partition coefficient (Wildman–Crippen LogP) is 1.36. The molecule has 0 unspecified atom stereocenters. The zero-order chi connectivity index (χ0) is 11.3. The first kappa shape index (κ1) is 11.8. The molecule has 0 aliphatic carbocycles. The fourth-order valence-electron chi connectivity index (χ4n) is 1.14. The minimum atomic E-state index is -0.00482. The summed E-state index contributed by atoms with van der Waals surface area (Å²) < 4.78 is 4.73. The summed E-state index contributed by atoms with van der Waals surface area (Å²) in [5.41, 5.74) is 1.08. The highest BCUT2D eigenvalue weighted by Crippen LogP contribution is 2.10. The quantitative estimate of drug-likeness (QED) is 0.733. The Labute approximate surface area is 89.7 Å². The van der Waals surface area contributed by atoms with Crippen LogP contribution in [0.1, 0.15) is 31.2 Å². The highest BCUT2D eigenvalue weighted by Gasteiger charge is 2.06. The summed E-state index contributed by atoms with van der Waals surface area (Å²) >= 11 is 0. The van der Waals surface area contributed by atoms with Crippen molar-refractivity contribution in [2.75, 3.05) is 13.7 Å². The summed E-state index contributed by atoms with van der Waals surface area (Å²) in [6, 6.07) is 0. The molecule has 0 fully saturated rings. The third-order valence-corrected chi connectivity index (χ3v) is 2.05. The van der Waals surface area contributed by atoms with Crippen LogP contribution >= 0.6 is 0 Å². The number of ketones is 1. The standard InChI is InChI=1S/C11H16N2O2/c1-8(2)9-5-12-11(13-6-9)4-10(14)7-15-3/h5-6,8H,4,7H2,1-3H3. The molecule has 1 heterocycles.